The van der Waals surface area contributed by atoms with E-state index >= 15 is 0 Å². The Labute approximate surface area is 150 Å². The number of aromatic nitrogens is 1. The van der Waals surface area contributed by atoms with Crippen molar-refractivity contribution in [2.45, 2.75) is 25.3 Å². The molecule has 0 radical (unpaired) electrons. The third kappa shape index (κ3) is 3.87. The van der Waals surface area contributed by atoms with Crippen molar-refractivity contribution in [3.05, 3.63) is 34.8 Å². The van der Waals surface area contributed by atoms with Crippen LogP contribution in [0.5, 0.6) is 0 Å². The van der Waals surface area contributed by atoms with Gasteiger partial charge in [-0.15, -0.1) is 0 Å². The van der Waals surface area contributed by atoms with Crippen molar-refractivity contribution in [2.75, 3.05) is 31.6 Å². The average Bonchev–Trinajstić information content (AvgIpc) is 2.80. The van der Waals surface area contributed by atoms with Gasteiger partial charge in [-0.1, -0.05) is 12.1 Å². The number of fused-ring (bicyclic) bond motifs is 1. The SMILES string of the molecule is CN(CC(=O)O)C1CCCN(c2ccc3cccc(Br)c3n2)CC1. The minimum atomic E-state index is -0.764. The lowest BCUT2D eigenvalue weighted by Gasteiger charge is -2.26. The van der Waals surface area contributed by atoms with Crippen molar-refractivity contribution in [1.82, 2.24) is 9.88 Å². The van der Waals surface area contributed by atoms with E-state index in [2.05, 4.69) is 39.0 Å². The molecule has 1 unspecified atom stereocenters. The standard InChI is InChI=1S/C18H22BrN3O2/c1-21(12-17(23)24)14-5-3-10-22(11-9-14)16-8-7-13-4-2-6-15(19)18(13)20-16/h2,4,6-8,14H,3,5,9-12H2,1H3,(H,23,24). The fraction of sp³-hybridized carbons (Fsp3) is 0.444. The molecule has 1 aromatic heterocycles. The Hall–Kier alpha value is -1.66. The van der Waals surface area contributed by atoms with Crippen molar-refractivity contribution >= 4 is 38.6 Å². The van der Waals surface area contributed by atoms with E-state index in [0.717, 1.165) is 53.5 Å². The molecule has 3 rings (SSSR count). The Balaban J connectivity index is 1.74. The lowest BCUT2D eigenvalue weighted by molar-refractivity contribution is -0.138. The van der Waals surface area contributed by atoms with Gasteiger partial charge >= 0.3 is 5.97 Å². The maximum atomic E-state index is 10.9. The number of benzene rings is 1. The van der Waals surface area contributed by atoms with Gasteiger partial charge in [0.05, 0.1) is 12.1 Å². The van der Waals surface area contributed by atoms with Crippen molar-refractivity contribution in [1.29, 1.82) is 0 Å². The van der Waals surface area contributed by atoms with Crippen LogP contribution in [-0.4, -0.2) is 53.7 Å². The molecule has 2 aromatic rings. The zero-order chi connectivity index (χ0) is 17.1. The molecule has 0 spiro atoms. The van der Waals surface area contributed by atoms with Gasteiger partial charge in [-0.3, -0.25) is 9.69 Å². The molecule has 1 aromatic carbocycles. The molecule has 6 heteroatoms. The highest BCUT2D eigenvalue weighted by Crippen LogP contribution is 2.26. The van der Waals surface area contributed by atoms with Gasteiger partial charge in [0.1, 0.15) is 5.82 Å². The second-order valence-corrected chi connectivity index (χ2v) is 7.22. The third-order valence-electron chi connectivity index (χ3n) is 4.69. The first-order valence-electron chi connectivity index (χ1n) is 8.27. The molecule has 0 amide bonds. The lowest BCUT2D eigenvalue weighted by Crippen LogP contribution is -2.36. The number of anilines is 1. The molecule has 5 nitrogen and oxygen atoms in total. The minimum Gasteiger partial charge on any atom is -0.480 e. The number of carbonyl (C=O) groups is 1. The lowest BCUT2D eigenvalue weighted by atomic mass is 10.1. The number of hydrogen-bond donors (Lipinski definition) is 1. The average molecular weight is 392 g/mol. The summed E-state index contributed by atoms with van der Waals surface area (Å²) in [6, 6.07) is 10.6. The van der Waals surface area contributed by atoms with Gasteiger partial charge in [0.2, 0.25) is 0 Å². The van der Waals surface area contributed by atoms with E-state index < -0.39 is 5.97 Å². The van der Waals surface area contributed by atoms with Crippen molar-refractivity contribution in [3.63, 3.8) is 0 Å². The summed E-state index contributed by atoms with van der Waals surface area (Å²) in [7, 11) is 1.90. The maximum Gasteiger partial charge on any atom is 0.317 e. The number of likely N-dealkylation sites (N-methyl/N-ethyl adjacent to an activating group) is 1. The predicted molar refractivity (Wildman–Crippen MR) is 99.6 cm³/mol. The van der Waals surface area contributed by atoms with Gasteiger partial charge in [-0.2, -0.15) is 0 Å². The number of halogens is 1. The van der Waals surface area contributed by atoms with Crippen LogP contribution in [-0.2, 0) is 4.79 Å². The summed E-state index contributed by atoms with van der Waals surface area (Å²) in [6.45, 7) is 1.96. The predicted octanol–water partition coefficient (Wildman–Crippen LogP) is 3.37. The summed E-state index contributed by atoms with van der Waals surface area (Å²) in [5.41, 5.74) is 0.985. The summed E-state index contributed by atoms with van der Waals surface area (Å²) in [5, 5.41) is 10.1. The van der Waals surface area contributed by atoms with Crippen LogP contribution in [0, 0.1) is 0 Å². The molecular weight excluding hydrogens is 370 g/mol. The first kappa shape index (κ1) is 17.2. The number of aliphatic carboxylic acids is 1. The van der Waals surface area contributed by atoms with Gasteiger partial charge in [0, 0.05) is 29.0 Å². The van der Waals surface area contributed by atoms with E-state index in [4.69, 9.17) is 10.1 Å². The highest BCUT2D eigenvalue weighted by Gasteiger charge is 2.22. The third-order valence-corrected chi connectivity index (χ3v) is 5.33. The summed E-state index contributed by atoms with van der Waals surface area (Å²) < 4.78 is 1.01. The number of carboxylic acid groups (broad SMARTS) is 1. The van der Waals surface area contributed by atoms with Crippen LogP contribution in [0.15, 0.2) is 34.8 Å². The Morgan fingerprint density at radius 3 is 2.96 bits per heavy atom. The van der Waals surface area contributed by atoms with Crippen molar-refractivity contribution < 1.29 is 9.90 Å². The van der Waals surface area contributed by atoms with E-state index in [9.17, 15) is 4.79 Å². The molecule has 0 bridgehead atoms. The molecule has 0 saturated carbocycles. The second-order valence-electron chi connectivity index (χ2n) is 6.36. The molecule has 0 aliphatic carbocycles. The number of hydrogen-bond acceptors (Lipinski definition) is 4. The Morgan fingerprint density at radius 1 is 1.33 bits per heavy atom. The number of carboxylic acids is 1. The Kier molecular flexibility index (Phi) is 5.36. The van der Waals surface area contributed by atoms with Gasteiger partial charge in [-0.05, 0) is 60.4 Å². The van der Waals surface area contributed by atoms with Crippen molar-refractivity contribution in [3.8, 4) is 0 Å². The summed E-state index contributed by atoms with van der Waals surface area (Å²) in [5.74, 6) is 0.232. The molecule has 1 fully saturated rings. The van der Waals surface area contributed by atoms with E-state index in [1.807, 2.05) is 24.1 Å². The number of rotatable bonds is 4. The van der Waals surface area contributed by atoms with Crippen LogP contribution in [0.2, 0.25) is 0 Å². The van der Waals surface area contributed by atoms with Crippen LogP contribution in [0.1, 0.15) is 19.3 Å². The molecule has 1 saturated heterocycles. The Morgan fingerprint density at radius 2 is 2.17 bits per heavy atom. The van der Waals surface area contributed by atoms with E-state index in [1.165, 1.54) is 0 Å². The molecule has 2 heterocycles. The smallest absolute Gasteiger partial charge is 0.317 e. The molecule has 1 aliphatic rings. The van der Waals surface area contributed by atoms with Gasteiger partial charge in [-0.25, -0.2) is 4.98 Å². The quantitative estimate of drug-likeness (QED) is 0.865. The zero-order valence-corrected chi connectivity index (χ0v) is 15.4. The van der Waals surface area contributed by atoms with Crippen LogP contribution in [0.4, 0.5) is 5.82 Å². The molecule has 128 valence electrons. The van der Waals surface area contributed by atoms with Crippen LogP contribution < -0.4 is 4.90 Å². The fourth-order valence-electron chi connectivity index (χ4n) is 3.37. The van der Waals surface area contributed by atoms with Crippen LogP contribution >= 0.6 is 15.9 Å². The van der Waals surface area contributed by atoms with E-state index in [1.54, 1.807) is 0 Å². The van der Waals surface area contributed by atoms with E-state index in [-0.39, 0.29) is 6.54 Å². The monoisotopic (exact) mass is 391 g/mol. The highest BCUT2D eigenvalue weighted by molar-refractivity contribution is 9.10. The first-order valence-corrected chi connectivity index (χ1v) is 9.06. The minimum absolute atomic E-state index is 0.103. The highest BCUT2D eigenvalue weighted by atomic mass is 79.9. The van der Waals surface area contributed by atoms with Gasteiger partial charge in [0.15, 0.2) is 0 Å². The molecule has 24 heavy (non-hydrogen) atoms. The maximum absolute atomic E-state index is 10.9. The van der Waals surface area contributed by atoms with Crippen molar-refractivity contribution in [2.24, 2.45) is 0 Å². The normalized spacial score (nSPS) is 18.8. The van der Waals surface area contributed by atoms with E-state index in [0.29, 0.717) is 6.04 Å². The molecule has 1 atom stereocenters. The van der Waals surface area contributed by atoms with Gasteiger partial charge < -0.3 is 10.0 Å². The van der Waals surface area contributed by atoms with Crippen LogP contribution in [0.3, 0.4) is 0 Å². The fourth-order valence-corrected chi connectivity index (χ4v) is 3.84. The molecule has 1 aliphatic heterocycles. The largest absolute Gasteiger partial charge is 0.480 e. The topological polar surface area (TPSA) is 56.7 Å². The number of pyridine rings is 1. The Bertz CT molecular complexity index is 737. The first-order chi connectivity index (χ1) is 11.5. The summed E-state index contributed by atoms with van der Waals surface area (Å²) >= 11 is 3.58. The van der Waals surface area contributed by atoms with Crippen LogP contribution in [0.25, 0.3) is 10.9 Å². The molecule has 1 N–H and O–H groups in total. The number of nitrogens with zero attached hydrogens (tertiary/aromatic N) is 3. The zero-order valence-electron chi connectivity index (χ0n) is 13.8. The van der Waals surface area contributed by atoms with Gasteiger partial charge in [0.25, 0.3) is 0 Å². The number of para-hydroxylation sites is 1. The summed E-state index contributed by atoms with van der Waals surface area (Å²) in [4.78, 5) is 20.0. The molecular formula is C18H22BrN3O2. The summed E-state index contributed by atoms with van der Waals surface area (Å²) in [6.07, 6.45) is 3.03. The second kappa shape index (κ2) is 7.49.